The Morgan fingerprint density at radius 1 is 1.04 bits per heavy atom. The van der Waals surface area contributed by atoms with Gasteiger partial charge in [0.1, 0.15) is 4.91 Å². The number of hydrogen-bond donors (Lipinski definition) is 1. The fourth-order valence-corrected chi connectivity index (χ4v) is 4.31. The zero-order valence-electron chi connectivity index (χ0n) is 14.3. The molecule has 1 N–H and O–H groups in total. The van der Waals surface area contributed by atoms with Crippen LogP contribution in [0.2, 0.25) is 0 Å². The summed E-state index contributed by atoms with van der Waals surface area (Å²) in [5.41, 5.74) is 8.98. The molecule has 28 heavy (non-hydrogen) atoms. The van der Waals surface area contributed by atoms with Gasteiger partial charge < -0.3 is 10.6 Å². The van der Waals surface area contributed by atoms with Crippen molar-refractivity contribution in [2.45, 2.75) is 6.42 Å². The third-order valence-corrected chi connectivity index (χ3v) is 5.78. The fraction of sp³-hybridized carbons (Fsp3) is 0.0526. The molecular formula is C19H13N3O5S. The molecule has 0 saturated carbocycles. The minimum Gasteiger partial charge on any atom is -0.501 e. The Bertz CT molecular complexity index is 1470. The van der Waals surface area contributed by atoms with Crippen LogP contribution in [0, 0.1) is 0 Å². The van der Waals surface area contributed by atoms with Gasteiger partial charge in [-0.15, -0.1) is 0 Å². The second kappa shape index (κ2) is 6.49. The van der Waals surface area contributed by atoms with Gasteiger partial charge in [-0.05, 0) is 12.1 Å². The van der Waals surface area contributed by atoms with Crippen LogP contribution >= 0.6 is 0 Å². The van der Waals surface area contributed by atoms with E-state index < -0.39 is 10.1 Å². The number of para-hydroxylation sites is 1. The molecule has 1 heterocycles. The van der Waals surface area contributed by atoms with Gasteiger partial charge in [-0.3, -0.25) is 9.08 Å². The quantitative estimate of drug-likeness (QED) is 0.505. The highest BCUT2D eigenvalue weighted by molar-refractivity contribution is 7.96. The Balaban J connectivity index is 1.95. The van der Waals surface area contributed by atoms with Crippen molar-refractivity contribution in [1.29, 1.82) is 0 Å². The van der Waals surface area contributed by atoms with Crippen molar-refractivity contribution in [3.8, 4) is 0 Å². The molecule has 140 valence electrons. The van der Waals surface area contributed by atoms with E-state index in [0.717, 1.165) is 4.73 Å². The second-order valence-electron chi connectivity index (χ2n) is 6.09. The monoisotopic (exact) mass is 395 g/mol. The molecule has 0 amide bonds. The lowest BCUT2D eigenvalue weighted by Crippen LogP contribution is -2.39. The average Bonchev–Trinajstić information content (AvgIpc) is 2.70. The molecule has 4 rings (SSSR count). The number of benzene rings is 2. The molecular weight excluding hydrogens is 382 g/mol. The molecule has 0 radical (unpaired) electrons. The minimum absolute atomic E-state index is 0.170. The SMILES string of the molecule is [N-]=[N+]=C1CC(S(=O)(=O)On2ccc(=O)c3ccccc32)=c2ccccc2=C1O. The summed E-state index contributed by atoms with van der Waals surface area (Å²) in [5.74, 6) is -0.300. The molecule has 8 nitrogen and oxygen atoms in total. The van der Waals surface area contributed by atoms with E-state index in [2.05, 4.69) is 4.79 Å². The maximum absolute atomic E-state index is 13.0. The molecule has 0 unspecified atom stereocenters. The summed E-state index contributed by atoms with van der Waals surface area (Å²) in [6.07, 6.45) is 0.877. The number of nitrogens with zero attached hydrogens (tertiary/aromatic N) is 3. The van der Waals surface area contributed by atoms with Crippen LogP contribution in [0.15, 0.2) is 65.6 Å². The van der Waals surface area contributed by atoms with Gasteiger partial charge in [-0.2, -0.15) is 17.9 Å². The summed E-state index contributed by atoms with van der Waals surface area (Å²) in [4.78, 5) is 14.8. The standard InChI is InChI=1S/C19H13N3O5S/c20-21-15-11-18(12-5-1-2-6-13(12)19(15)24)28(25,26)27-22-10-9-17(23)14-7-3-4-8-16(14)22/h1-10,24H,11H2. The Morgan fingerprint density at radius 2 is 1.71 bits per heavy atom. The van der Waals surface area contributed by atoms with Crippen LogP contribution in [0.5, 0.6) is 0 Å². The fourth-order valence-electron chi connectivity index (χ4n) is 3.12. The average molecular weight is 395 g/mol. The van der Waals surface area contributed by atoms with Crippen LogP contribution in [0.3, 0.4) is 0 Å². The zero-order valence-corrected chi connectivity index (χ0v) is 15.1. The number of aliphatic hydroxyl groups excluding tert-OH is 1. The van der Waals surface area contributed by atoms with Crippen LogP contribution in [0.4, 0.5) is 0 Å². The predicted octanol–water partition coefficient (Wildman–Crippen LogP) is 0.309. The Labute approximate surface area is 158 Å². The number of rotatable bonds is 3. The summed E-state index contributed by atoms with van der Waals surface area (Å²) in [7, 11) is -4.36. The second-order valence-corrected chi connectivity index (χ2v) is 7.64. The van der Waals surface area contributed by atoms with Crippen molar-refractivity contribution in [1.82, 2.24) is 4.73 Å². The first-order valence-electron chi connectivity index (χ1n) is 8.20. The molecule has 0 bridgehead atoms. The number of hydrogen-bond acceptors (Lipinski definition) is 5. The van der Waals surface area contributed by atoms with Crippen LogP contribution in [-0.2, 0) is 10.1 Å². The van der Waals surface area contributed by atoms with Crippen molar-refractivity contribution < 1.29 is 22.6 Å². The third-order valence-electron chi connectivity index (χ3n) is 4.45. The summed E-state index contributed by atoms with van der Waals surface area (Å²) >= 11 is 0. The predicted molar refractivity (Wildman–Crippen MR) is 102 cm³/mol. The highest BCUT2D eigenvalue weighted by atomic mass is 32.2. The van der Waals surface area contributed by atoms with E-state index in [1.807, 2.05) is 0 Å². The Kier molecular flexibility index (Phi) is 4.11. The molecule has 0 saturated heterocycles. The topological polar surface area (TPSA) is 122 Å². The first-order chi connectivity index (χ1) is 13.4. The van der Waals surface area contributed by atoms with Gasteiger partial charge in [0.05, 0.1) is 11.9 Å². The number of aliphatic hydroxyl groups is 1. The largest absolute Gasteiger partial charge is 0.501 e. The number of pyridine rings is 1. The molecule has 2 aromatic carbocycles. The molecule has 9 heteroatoms. The van der Waals surface area contributed by atoms with Gasteiger partial charge in [-0.1, -0.05) is 36.4 Å². The van der Waals surface area contributed by atoms with Crippen LogP contribution in [-0.4, -0.2) is 28.8 Å². The summed E-state index contributed by atoms with van der Waals surface area (Å²) < 4.78 is 32.3. The van der Waals surface area contributed by atoms with E-state index in [-0.39, 0.29) is 44.2 Å². The van der Waals surface area contributed by atoms with E-state index in [1.165, 1.54) is 24.4 Å². The Morgan fingerprint density at radius 3 is 2.46 bits per heavy atom. The van der Waals surface area contributed by atoms with Gasteiger partial charge in [-0.25, -0.2) is 0 Å². The van der Waals surface area contributed by atoms with Crippen molar-refractivity contribution >= 4 is 37.4 Å². The lowest BCUT2D eigenvalue weighted by atomic mass is 10.0. The summed E-state index contributed by atoms with van der Waals surface area (Å²) in [5, 5.41) is 11.0. The van der Waals surface area contributed by atoms with E-state index in [0.29, 0.717) is 5.39 Å². The number of aromatic nitrogens is 1. The molecule has 1 aromatic heterocycles. The first-order valence-corrected chi connectivity index (χ1v) is 9.61. The highest BCUT2D eigenvalue weighted by Gasteiger charge is 2.32. The zero-order chi connectivity index (χ0) is 19.9. The minimum atomic E-state index is -4.36. The Hall–Kier alpha value is -3.68. The van der Waals surface area contributed by atoms with Crippen molar-refractivity contribution in [2.24, 2.45) is 0 Å². The molecule has 0 atom stereocenters. The summed E-state index contributed by atoms with van der Waals surface area (Å²) in [6, 6.07) is 13.9. The third kappa shape index (κ3) is 2.79. The van der Waals surface area contributed by atoms with Crippen LogP contribution in [0.25, 0.3) is 27.1 Å². The smallest absolute Gasteiger partial charge is 0.354 e. The van der Waals surface area contributed by atoms with E-state index in [4.69, 9.17) is 9.81 Å². The first kappa shape index (κ1) is 17.7. The van der Waals surface area contributed by atoms with Crippen molar-refractivity contribution in [2.75, 3.05) is 0 Å². The highest BCUT2D eigenvalue weighted by Crippen LogP contribution is 2.18. The molecule has 3 aromatic rings. The van der Waals surface area contributed by atoms with Crippen molar-refractivity contribution in [3.05, 3.63) is 87.0 Å². The van der Waals surface area contributed by atoms with Crippen LogP contribution in [0.1, 0.15) is 6.42 Å². The molecule has 1 aliphatic rings. The molecule has 0 aliphatic heterocycles. The van der Waals surface area contributed by atoms with Gasteiger partial charge in [0.25, 0.3) is 0 Å². The van der Waals surface area contributed by atoms with Gasteiger partial charge >= 0.3 is 15.8 Å². The van der Waals surface area contributed by atoms with E-state index in [9.17, 15) is 18.3 Å². The molecule has 0 spiro atoms. The van der Waals surface area contributed by atoms with E-state index in [1.54, 1.807) is 36.4 Å². The van der Waals surface area contributed by atoms with Crippen molar-refractivity contribution in [3.63, 3.8) is 0 Å². The normalized spacial score (nSPS) is 13.9. The van der Waals surface area contributed by atoms with E-state index >= 15 is 0 Å². The van der Waals surface area contributed by atoms with Gasteiger partial charge in [0.2, 0.25) is 5.76 Å². The van der Waals surface area contributed by atoms with Gasteiger partial charge in [0, 0.05) is 28.1 Å². The van der Waals surface area contributed by atoms with Gasteiger partial charge in [0.15, 0.2) is 5.43 Å². The maximum Gasteiger partial charge on any atom is 0.354 e. The molecule has 0 fully saturated rings. The maximum atomic E-state index is 13.0. The summed E-state index contributed by atoms with van der Waals surface area (Å²) in [6.45, 7) is 0. The lowest BCUT2D eigenvalue weighted by Gasteiger charge is -2.15. The number of fused-ring (bicyclic) bond motifs is 2. The van der Waals surface area contributed by atoms with Crippen LogP contribution < -0.4 is 20.1 Å². The lowest BCUT2D eigenvalue weighted by molar-refractivity contribution is -0.00641. The molecule has 1 aliphatic carbocycles.